The predicted molar refractivity (Wildman–Crippen MR) is 76.1 cm³/mol. The van der Waals surface area contributed by atoms with Crippen LogP contribution in [0.15, 0.2) is 24.3 Å². The third-order valence-corrected chi connectivity index (χ3v) is 3.67. The van der Waals surface area contributed by atoms with Crippen LogP contribution in [0.1, 0.15) is 36.8 Å². The first-order valence-electron chi connectivity index (χ1n) is 6.33. The largest absolute Gasteiger partial charge is 0.389 e. The molecule has 1 aromatic rings. The van der Waals surface area contributed by atoms with Gasteiger partial charge in [-0.15, -0.1) is 0 Å². The summed E-state index contributed by atoms with van der Waals surface area (Å²) in [7, 11) is 0. The van der Waals surface area contributed by atoms with Crippen molar-refractivity contribution in [3.63, 3.8) is 0 Å². The highest BCUT2D eigenvalue weighted by molar-refractivity contribution is 7.80. The van der Waals surface area contributed by atoms with E-state index in [1.54, 1.807) is 0 Å². The monoisotopic (exact) mass is 262 g/mol. The third-order valence-electron chi connectivity index (χ3n) is 3.43. The molecule has 4 heteroatoms. The fourth-order valence-corrected chi connectivity index (χ4v) is 2.44. The maximum absolute atomic E-state index is 11.8. The molecule has 1 fully saturated rings. The smallest absolute Gasteiger partial charge is 0.223 e. The van der Waals surface area contributed by atoms with E-state index in [0.29, 0.717) is 11.5 Å². The second-order valence-electron chi connectivity index (χ2n) is 4.76. The van der Waals surface area contributed by atoms with Gasteiger partial charge in [0.25, 0.3) is 0 Å². The van der Waals surface area contributed by atoms with Crippen LogP contribution < -0.4 is 11.1 Å². The van der Waals surface area contributed by atoms with Gasteiger partial charge in [0.15, 0.2) is 0 Å². The van der Waals surface area contributed by atoms with Gasteiger partial charge in [-0.2, -0.15) is 0 Å². The van der Waals surface area contributed by atoms with E-state index in [2.05, 4.69) is 5.32 Å². The van der Waals surface area contributed by atoms with E-state index >= 15 is 0 Å². The topological polar surface area (TPSA) is 55.1 Å². The molecule has 0 atom stereocenters. The van der Waals surface area contributed by atoms with E-state index in [1.807, 2.05) is 24.3 Å². The van der Waals surface area contributed by atoms with Gasteiger partial charge in [-0.3, -0.25) is 4.79 Å². The Morgan fingerprint density at radius 2 is 1.89 bits per heavy atom. The van der Waals surface area contributed by atoms with Crippen molar-refractivity contribution in [1.29, 1.82) is 0 Å². The van der Waals surface area contributed by atoms with Crippen molar-refractivity contribution < 1.29 is 4.79 Å². The molecule has 3 nitrogen and oxygen atoms in total. The molecule has 3 N–H and O–H groups in total. The standard InChI is InChI=1S/C14H18N2OS/c15-13(18)11-7-5-10(6-8-11)9-16-14(17)12-3-1-2-4-12/h5-8,12H,1-4,9H2,(H2,15,18)(H,16,17). The maximum Gasteiger partial charge on any atom is 0.223 e. The number of nitrogens with two attached hydrogens (primary N) is 1. The predicted octanol–water partition coefficient (Wildman–Crippen LogP) is 2.13. The number of hydrogen-bond acceptors (Lipinski definition) is 2. The van der Waals surface area contributed by atoms with Crippen molar-refractivity contribution in [2.75, 3.05) is 0 Å². The lowest BCUT2D eigenvalue weighted by Crippen LogP contribution is -2.28. The first-order chi connectivity index (χ1) is 8.66. The number of benzene rings is 1. The summed E-state index contributed by atoms with van der Waals surface area (Å²) in [6.45, 7) is 0.576. The zero-order valence-corrected chi connectivity index (χ0v) is 11.1. The average Bonchev–Trinajstić information content (AvgIpc) is 2.90. The fourth-order valence-electron chi connectivity index (χ4n) is 2.31. The van der Waals surface area contributed by atoms with Gasteiger partial charge in [-0.25, -0.2) is 0 Å². The molecule has 2 rings (SSSR count). The first kappa shape index (κ1) is 13.0. The van der Waals surface area contributed by atoms with Crippen molar-refractivity contribution in [2.45, 2.75) is 32.2 Å². The second-order valence-corrected chi connectivity index (χ2v) is 5.20. The Morgan fingerprint density at radius 3 is 2.44 bits per heavy atom. The van der Waals surface area contributed by atoms with Gasteiger partial charge in [-0.1, -0.05) is 49.3 Å². The van der Waals surface area contributed by atoms with Crippen LogP contribution >= 0.6 is 12.2 Å². The number of rotatable bonds is 4. The number of carbonyl (C=O) groups excluding carboxylic acids is 1. The third kappa shape index (κ3) is 3.29. The number of amides is 1. The Balaban J connectivity index is 1.86. The quantitative estimate of drug-likeness (QED) is 0.817. The van der Waals surface area contributed by atoms with Gasteiger partial charge in [0.1, 0.15) is 4.99 Å². The van der Waals surface area contributed by atoms with Crippen LogP contribution in [0.5, 0.6) is 0 Å². The van der Waals surface area contributed by atoms with E-state index in [1.165, 1.54) is 12.8 Å². The summed E-state index contributed by atoms with van der Waals surface area (Å²) in [5.41, 5.74) is 7.46. The minimum absolute atomic E-state index is 0.186. The lowest BCUT2D eigenvalue weighted by molar-refractivity contribution is -0.124. The number of thiocarbonyl (C=S) groups is 1. The van der Waals surface area contributed by atoms with Gasteiger partial charge < -0.3 is 11.1 Å². The van der Waals surface area contributed by atoms with Crippen molar-refractivity contribution in [3.05, 3.63) is 35.4 Å². The van der Waals surface area contributed by atoms with E-state index in [-0.39, 0.29) is 11.8 Å². The van der Waals surface area contributed by atoms with E-state index in [9.17, 15) is 4.79 Å². The molecule has 18 heavy (non-hydrogen) atoms. The Bertz CT molecular complexity index is 436. The zero-order valence-electron chi connectivity index (χ0n) is 10.3. The molecule has 0 unspecified atom stereocenters. The molecule has 0 spiro atoms. The Hall–Kier alpha value is -1.42. The van der Waals surface area contributed by atoms with Crippen LogP contribution in [-0.2, 0) is 11.3 Å². The van der Waals surface area contributed by atoms with Gasteiger partial charge in [0.05, 0.1) is 0 Å². The zero-order chi connectivity index (χ0) is 13.0. The Morgan fingerprint density at radius 1 is 1.28 bits per heavy atom. The van der Waals surface area contributed by atoms with Crippen LogP contribution in [0, 0.1) is 5.92 Å². The van der Waals surface area contributed by atoms with E-state index in [4.69, 9.17) is 18.0 Å². The summed E-state index contributed by atoms with van der Waals surface area (Å²) in [6, 6.07) is 7.67. The van der Waals surface area contributed by atoms with Crippen LogP contribution in [0.2, 0.25) is 0 Å². The Kier molecular flexibility index (Phi) is 4.31. The lowest BCUT2D eigenvalue weighted by atomic mass is 10.1. The lowest BCUT2D eigenvalue weighted by Gasteiger charge is -2.10. The number of hydrogen-bond donors (Lipinski definition) is 2. The molecule has 1 amide bonds. The fraction of sp³-hybridized carbons (Fsp3) is 0.429. The maximum atomic E-state index is 11.8. The minimum Gasteiger partial charge on any atom is -0.389 e. The first-order valence-corrected chi connectivity index (χ1v) is 6.74. The highest BCUT2D eigenvalue weighted by atomic mass is 32.1. The van der Waals surface area contributed by atoms with Crippen molar-refractivity contribution in [3.8, 4) is 0 Å². The number of nitrogens with one attached hydrogen (secondary N) is 1. The molecular formula is C14H18N2OS. The molecule has 0 saturated heterocycles. The summed E-state index contributed by atoms with van der Waals surface area (Å²) in [4.78, 5) is 12.2. The molecule has 0 radical (unpaired) electrons. The number of carbonyl (C=O) groups is 1. The summed E-state index contributed by atoms with van der Waals surface area (Å²) < 4.78 is 0. The van der Waals surface area contributed by atoms with Crippen molar-refractivity contribution >= 4 is 23.1 Å². The van der Waals surface area contributed by atoms with Crippen LogP contribution in [-0.4, -0.2) is 10.9 Å². The molecule has 0 bridgehead atoms. The van der Waals surface area contributed by atoms with Gasteiger partial charge in [0.2, 0.25) is 5.91 Å². The molecule has 0 heterocycles. The summed E-state index contributed by atoms with van der Waals surface area (Å²) in [5.74, 6) is 0.409. The average molecular weight is 262 g/mol. The van der Waals surface area contributed by atoms with E-state index in [0.717, 1.165) is 24.0 Å². The molecule has 0 aliphatic heterocycles. The molecule has 1 aliphatic carbocycles. The van der Waals surface area contributed by atoms with Gasteiger partial charge in [0, 0.05) is 18.0 Å². The SMILES string of the molecule is NC(=S)c1ccc(CNC(=O)C2CCCC2)cc1. The molecular weight excluding hydrogens is 244 g/mol. The summed E-state index contributed by atoms with van der Waals surface area (Å²) in [6.07, 6.45) is 4.43. The molecule has 1 saturated carbocycles. The van der Waals surface area contributed by atoms with E-state index < -0.39 is 0 Å². The highest BCUT2D eigenvalue weighted by Crippen LogP contribution is 2.24. The van der Waals surface area contributed by atoms with Crippen LogP contribution in [0.4, 0.5) is 0 Å². The van der Waals surface area contributed by atoms with Crippen molar-refractivity contribution in [1.82, 2.24) is 5.32 Å². The van der Waals surface area contributed by atoms with Crippen LogP contribution in [0.3, 0.4) is 0 Å². The van der Waals surface area contributed by atoms with Crippen LogP contribution in [0.25, 0.3) is 0 Å². The van der Waals surface area contributed by atoms with Gasteiger partial charge >= 0.3 is 0 Å². The van der Waals surface area contributed by atoms with Crippen molar-refractivity contribution in [2.24, 2.45) is 11.7 Å². The molecule has 0 aromatic heterocycles. The molecule has 1 aromatic carbocycles. The minimum atomic E-state index is 0.186. The second kappa shape index (κ2) is 5.96. The summed E-state index contributed by atoms with van der Waals surface area (Å²) >= 11 is 4.89. The Labute approximate surface area is 113 Å². The molecule has 1 aliphatic rings. The normalized spacial score (nSPS) is 15.6. The molecule has 96 valence electrons. The summed E-state index contributed by atoms with van der Waals surface area (Å²) in [5, 5.41) is 2.99. The highest BCUT2D eigenvalue weighted by Gasteiger charge is 2.21. The van der Waals surface area contributed by atoms with Gasteiger partial charge in [-0.05, 0) is 18.4 Å².